The van der Waals surface area contributed by atoms with E-state index in [0.29, 0.717) is 0 Å². The van der Waals surface area contributed by atoms with Gasteiger partial charge in [-0.3, -0.25) is 0 Å². The molecular weight excluding hydrogens is 285 g/mol. The summed E-state index contributed by atoms with van der Waals surface area (Å²) in [6.45, 7) is 0. The van der Waals surface area contributed by atoms with Crippen LogP contribution in [0.25, 0.3) is 10.9 Å². The van der Waals surface area contributed by atoms with Crippen LogP contribution in [0.3, 0.4) is 0 Å². The van der Waals surface area contributed by atoms with E-state index in [-0.39, 0.29) is 11.9 Å². The smallest absolute Gasteiger partial charge is 0.123 e. The van der Waals surface area contributed by atoms with Crippen molar-refractivity contribution < 1.29 is 4.39 Å². The predicted octanol–water partition coefficient (Wildman–Crippen LogP) is 5.42. The van der Waals surface area contributed by atoms with Crippen molar-refractivity contribution >= 4 is 10.9 Å². The SMILES string of the molecule is Fc1ccc(C(c2ccccc2)n2ccc3ccccc32)cc1. The fraction of sp³-hybridized carbons (Fsp3) is 0.0476. The average molecular weight is 301 g/mol. The molecule has 0 N–H and O–H groups in total. The van der Waals surface area contributed by atoms with Crippen molar-refractivity contribution in [2.45, 2.75) is 6.04 Å². The van der Waals surface area contributed by atoms with E-state index < -0.39 is 0 Å². The van der Waals surface area contributed by atoms with Crippen LogP contribution in [0.1, 0.15) is 17.2 Å². The monoisotopic (exact) mass is 301 g/mol. The van der Waals surface area contributed by atoms with Crippen molar-refractivity contribution in [3.05, 3.63) is 108 Å². The Kier molecular flexibility index (Phi) is 3.43. The van der Waals surface area contributed by atoms with Gasteiger partial charge < -0.3 is 4.57 Å². The maximum absolute atomic E-state index is 13.3. The third kappa shape index (κ3) is 2.53. The Hall–Kier alpha value is -2.87. The van der Waals surface area contributed by atoms with E-state index in [4.69, 9.17) is 0 Å². The lowest BCUT2D eigenvalue weighted by atomic mass is 9.98. The van der Waals surface area contributed by atoms with Gasteiger partial charge in [0.15, 0.2) is 0 Å². The minimum absolute atomic E-state index is 0.0247. The summed E-state index contributed by atoms with van der Waals surface area (Å²) in [5, 5.41) is 1.20. The van der Waals surface area contributed by atoms with Crippen LogP contribution in [0.5, 0.6) is 0 Å². The molecule has 0 aliphatic heterocycles. The van der Waals surface area contributed by atoms with Gasteiger partial charge in [-0.25, -0.2) is 4.39 Å². The van der Waals surface area contributed by atoms with Gasteiger partial charge in [0.25, 0.3) is 0 Å². The quantitative estimate of drug-likeness (QED) is 0.476. The molecule has 0 saturated heterocycles. The minimum Gasteiger partial charge on any atom is -0.336 e. The molecule has 23 heavy (non-hydrogen) atoms. The molecule has 4 rings (SSSR count). The molecule has 2 heteroatoms. The second kappa shape index (κ2) is 5.73. The van der Waals surface area contributed by atoms with E-state index in [1.165, 1.54) is 28.6 Å². The van der Waals surface area contributed by atoms with Gasteiger partial charge in [0, 0.05) is 11.7 Å². The highest BCUT2D eigenvalue weighted by atomic mass is 19.1. The van der Waals surface area contributed by atoms with Crippen LogP contribution < -0.4 is 0 Å². The molecule has 0 amide bonds. The Morgan fingerprint density at radius 3 is 2.09 bits per heavy atom. The molecule has 0 bridgehead atoms. The fourth-order valence-electron chi connectivity index (χ4n) is 3.12. The van der Waals surface area contributed by atoms with Crippen LogP contribution in [0.4, 0.5) is 4.39 Å². The van der Waals surface area contributed by atoms with Crippen molar-refractivity contribution in [2.24, 2.45) is 0 Å². The van der Waals surface area contributed by atoms with Crippen LogP contribution in [0.15, 0.2) is 91.1 Å². The molecular formula is C21H16FN. The summed E-state index contributed by atoms with van der Waals surface area (Å²) >= 11 is 0. The summed E-state index contributed by atoms with van der Waals surface area (Å²) in [5.41, 5.74) is 3.42. The topological polar surface area (TPSA) is 4.93 Å². The molecule has 1 atom stereocenters. The number of hydrogen-bond donors (Lipinski definition) is 0. The molecule has 4 aromatic rings. The lowest BCUT2D eigenvalue weighted by Gasteiger charge is -2.21. The van der Waals surface area contributed by atoms with Crippen molar-refractivity contribution in [1.29, 1.82) is 0 Å². The van der Waals surface area contributed by atoms with Crippen molar-refractivity contribution in [3.8, 4) is 0 Å². The summed E-state index contributed by atoms with van der Waals surface area (Å²) in [4.78, 5) is 0. The summed E-state index contributed by atoms with van der Waals surface area (Å²) in [5.74, 6) is -0.210. The summed E-state index contributed by atoms with van der Waals surface area (Å²) in [6, 6.07) is 27.6. The minimum atomic E-state index is -0.210. The standard InChI is InChI=1S/C21H16FN/c22-19-12-10-18(11-13-19)21(17-7-2-1-3-8-17)23-15-14-16-6-4-5-9-20(16)23/h1-15,21H. The zero-order valence-electron chi connectivity index (χ0n) is 12.6. The first-order valence-corrected chi connectivity index (χ1v) is 7.69. The fourth-order valence-corrected chi connectivity index (χ4v) is 3.12. The van der Waals surface area contributed by atoms with Gasteiger partial charge in [0.05, 0.1) is 6.04 Å². The molecule has 3 aromatic carbocycles. The van der Waals surface area contributed by atoms with Gasteiger partial charge in [0.2, 0.25) is 0 Å². The van der Waals surface area contributed by atoms with Gasteiger partial charge in [-0.1, -0.05) is 60.7 Å². The van der Waals surface area contributed by atoms with Crippen LogP contribution in [-0.2, 0) is 0 Å². The van der Waals surface area contributed by atoms with Gasteiger partial charge in [-0.05, 0) is 40.8 Å². The number of rotatable bonds is 3. The van der Waals surface area contributed by atoms with Crippen LogP contribution >= 0.6 is 0 Å². The van der Waals surface area contributed by atoms with Crippen LogP contribution in [0.2, 0.25) is 0 Å². The third-order valence-electron chi connectivity index (χ3n) is 4.21. The Morgan fingerprint density at radius 2 is 1.30 bits per heavy atom. The second-order valence-electron chi connectivity index (χ2n) is 5.65. The zero-order valence-corrected chi connectivity index (χ0v) is 12.6. The Balaban J connectivity index is 1.94. The molecule has 1 aromatic heterocycles. The van der Waals surface area contributed by atoms with Gasteiger partial charge in [-0.15, -0.1) is 0 Å². The normalized spacial score (nSPS) is 12.4. The van der Waals surface area contributed by atoms with Crippen molar-refractivity contribution in [1.82, 2.24) is 4.57 Å². The van der Waals surface area contributed by atoms with Crippen LogP contribution in [0, 0.1) is 5.82 Å². The highest BCUT2D eigenvalue weighted by molar-refractivity contribution is 5.80. The maximum Gasteiger partial charge on any atom is 0.123 e. The van der Waals surface area contributed by atoms with Crippen molar-refractivity contribution in [3.63, 3.8) is 0 Å². The molecule has 0 aliphatic rings. The lowest BCUT2D eigenvalue weighted by Crippen LogP contribution is -2.11. The van der Waals surface area contributed by atoms with Crippen molar-refractivity contribution in [2.75, 3.05) is 0 Å². The van der Waals surface area contributed by atoms with Gasteiger partial charge >= 0.3 is 0 Å². The first-order chi connectivity index (χ1) is 11.3. The molecule has 0 aliphatic carbocycles. The largest absolute Gasteiger partial charge is 0.336 e. The Labute approximate surface area is 134 Å². The molecule has 0 spiro atoms. The zero-order chi connectivity index (χ0) is 15.6. The van der Waals surface area contributed by atoms with E-state index in [0.717, 1.165) is 5.56 Å². The van der Waals surface area contributed by atoms with E-state index in [2.05, 4.69) is 41.1 Å². The molecule has 1 heterocycles. The predicted molar refractivity (Wildman–Crippen MR) is 92.0 cm³/mol. The number of nitrogens with zero attached hydrogens (tertiary/aromatic N) is 1. The summed E-state index contributed by atoms with van der Waals surface area (Å²) in [7, 11) is 0. The summed E-state index contributed by atoms with van der Waals surface area (Å²) < 4.78 is 15.6. The van der Waals surface area contributed by atoms with Gasteiger partial charge in [-0.2, -0.15) is 0 Å². The lowest BCUT2D eigenvalue weighted by molar-refractivity contribution is 0.624. The highest BCUT2D eigenvalue weighted by Crippen LogP contribution is 2.30. The molecule has 0 fully saturated rings. The molecule has 1 nitrogen and oxygen atoms in total. The molecule has 0 radical (unpaired) electrons. The van der Waals surface area contributed by atoms with E-state index in [1.54, 1.807) is 0 Å². The highest BCUT2D eigenvalue weighted by Gasteiger charge is 2.17. The molecule has 0 saturated carbocycles. The number of benzene rings is 3. The number of aromatic nitrogens is 1. The molecule has 112 valence electrons. The van der Waals surface area contributed by atoms with E-state index in [9.17, 15) is 4.39 Å². The van der Waals surface area contributed by atoms with E-state index >= 15 is 0 Å². The third-order valence-corrected chi connectivity index (χ3v) is 4.21. The Bertz CT molecular complexity index is 923. The number of fused-ring (bicyclic) bond motifs is 1. The van der Waals surface area contributed by atoms with Gasteiger partial charge in [0.1, 0.15) is 5.82 Å². The van der Waals surface area contributed by atoms with E-state index in [1.807, 2.05) is 42.5 Å². The average Bonchev–Trinajstić information content (AvgIpc) is 3.02. The first-order valence-electron chi connectivity index (χ1n) is 7.69. The Morgan fingerprint density at radius 1 is 0.652 bits per heavy atom. The maximum atomic E-state index is 13.3. The first kappa shape index (κ1) is 13.8. The number of para-hydroxylation sites is 1. The molecule has 1 unspecified atom stereocenters. The number of hydrogen-bond acceptors (Lipinski definition) is 0. The second-order valence-corrected chi connectivity index (χ2v) is 5.65. The summed E-state index contributed by atoms with van der Waals surface area (Å²) in [6.07, 6.45) is 2.10. The number of halogens is 1. The van der Waals surface area contributed by atoms with Crippen LogP contribution in [-0.4, -0.2) is 4.57 Å².